The molecule has 0 amide bonds. The lowest BCUT2D eigenvalue weighted by atomic mass is 10.1. The Bertz CT molecular complexity index is 1230. The third kappa shape index (κ3) is 3.05. The van der Waals surface area contributed by atoms with E-state index in [1.807, 2.05) is 17.5 Å². The van der Waals surface area contributed by atoms with Gasteiger partial charge in [0.05, 0.1) is 5.39 Å². The maximum absolute atomic E-state index is 12.4. The van der Waals surface area contributed by atoms with Gasteiger partial charge < -0.3 is 4.42 Å². The Labute approximate surface area is 158 Å². The Kier molecular flexibility index (Phi) is 4.26. The van der Waals surface area contributed by atoms with Gasteiger partial charge in [-0.2, -0.15) is 0 Å². The summed E-state index contributed by atoms with van der Waals surface area (Å²) in [5, 5.41) is 3.99. The number of fused-ring (bicyclic) bond motifs is 2. The van der Waals surface area contributed by atoms with Crippen LogP contribution in [0.25, 0.3) is 21.2 Å². The first-order chi connectivity index (χ1) is 12.0. The van der Waals surface area contributed by atoms with Gasteiger partial charge in [0.15, 0.2) is 5.16 Å². The molecule has 5 nitrogen and oxygen atoms in total. The quantitative estimate of drug-likeness (QED) is 0.275. The second-order valence-corrected chi connectivity index (χ2v) is 8.17. The smallest absolute Gasteiger partial charge is 0.336 e. The maximum Gasteiger partial charge on any atom is 0.336 e. The summed E-state index contributed by atoms with van der Waals surface area (Å²) in [5.41, 5.74) is 0.934. The number of benzene rings is 1. The highest BCUT2D eigenvalue weighted by molar-refractivity contribution is 9.10. The van der Waals surface area contributed by atoms with Gasteiger partial charge >= 0.3 is 5.63 Å². The van der Waals surface area contributed by atoms with Crippen LogP contribution in [-0.2, 0) is 12.8 Å². The van der Waals surface area contributed by atoms with Crippen LogP contribution in [0.4, 0.5) is 0 Å². The maximum atomic E-state index is 12.4. The standard InChI is InChI=1S/C17H11BrN2O3S2/c1-20-16(22)12-4-5-24-15(12)19-17(20)25-8-9-6-14(21)23-13-7-10(18)2-3-11(9)13/h2-7H,8H2,1H3. The molecule has 0 unspecified atom stereocenters. The highest BCUT2D eigenvalue weighted by Gasteiger charge is 2.12. The van der Waals surface area contributed by atoms with E-state index in [0.29, 0.717) is 21.9 Å². The van der Waals surface area contributed by atoms with Crippen LogP contribution in [-0.4, -0.2) is 9.55 Å². The van der Waals surface area contributed by atoms with Crippen LogP contribution >= 0.6 is 39.0 Å². The molecule has 0 fully saturated rings. The number of thiophene rings is 1. The molecule has 0 radical (unpaired) electrons. The third-order valence-corrected chi connectivity index (χ3v) is 6.19. The van der Waals surface area contributed by atoms with E-state index in [0.717, 1.165) is 20.3 Å². The molecule has 0 aliphatic carbocycles. The molecule has 4 rings (SSSR count). The lowest BCUT2D eigenvalue weighted by molar-refractivity contribution is 0.559. The lowest BCUT2D eigenvalue weighted by Crippen LogP contribution is -2.19. The van der Waals surface area contributed by atoms with E-state index in [1.165, 1.54) is 29.2 Å². The molecule has 0 spiro atoms. The molecule has 3 aromatic heterocycles. The summed E-state index contributed by atoms with van der Waals surface area (Å²) in [6, 6.07) is 8.87. The van der Waals surface area contributed by atoms with Crippen LogP contribution in [0.15, 0.2) is 59.3 Å². The van der Waals surface area contributed by atoms with E-state index < -0.39 is 5.63 Å². The average Bonchev–Trinajstić information content (AvgIpc) is 3.04. The zero-order chi connectivity index (χ0) is 17.6. The van der Waals surface area contributed by atoms with Crippen LogP contribution in [0.5, 0.6) is 0 Å². The van der Waals surface area contributed by atoms with E-state index in [-0.39, 0.29) is 5.56 Å². The van der Waals surface area contributed by atoms with Gasteiger partial charge in [0.25, 0.3) is 5.56 Å². The fourth-order valence-corrected chi connectivity index (χ4v) is 4.68. The van der Waals surface area contributed by atoms with Crippen molar-refractivity contribution in [3.63, 3.8) is 0 Å². The topological polar surface area (TPSA) is 65.1 Å². The van der Waals surface area contributed by atoms with Gasteiger partial charge in [-0.1, -0.05) is 27.7 Å². The molecule has 3 heterocycles. The summed E-state index contributed by atoms with van der Waals surface area (Å²) in [7, 11) is 1.71. The van der Waals surface area contributed by atoms with E-state index in [9.17, 15) is 9.59 Å². The Morgan fingerprint density at radius 2 is 2.08 bits per heavy atom. The highest BCUT2D eigenvalue weighted by Crippen LogP contribution is 2.28. The van der Waals surface area contributed by atoms with Crippen LogP contribution < -0.4 is 11.2 Å². The summed E-state index contributed by atoms with van der Waals surface area (Å²) in [6.07, 6.45) is 0. The third-order valence-electron chi connectivity index (χ3n) is 3.81. The van der Waals surface area contributed by atoms with E-state index in [4.69, 9.17) is 4.42 Å². The van der Waals surface area contributed by atoms with Crippen molar-refractivity contribution in [3.05, 3.63) is 66.5 Å². The van der Waals surface area contributed by atoms with Gasteiger partial charge in [-0.05, 0) is 35.2 Å². The van der Waals surface area contributed by atoms with Crippen molar-refractivity contribution in [1.29, 1.82) is 0 Å². The first-order valence-electron chi connectivity index (χ1n) is 7.32. The lowest BCUT2D eigenvalue weighted by Gasteiger charge is -2.08. The molecule has 0 aliphatic heterocycles. The molecule has 0 aliphatic rings. The second-order valence-electron chi connectivity index (χ2n) is 5.42. The average molecular weight is 435 g/mol. The van der Waals surface area contributed by atoms with Crippen molar-refractivity contribution in [1.82, 2.24) is 9.55 Å². The fraction of sp³-hybridized carbons (Fsp3) is 0.118. The summed E-state index contributed by atoms with van der Waals surface area (Å²) in [4.78, 5) is 29.5. The molecule has 126 valence electrons. The predicted molar refractivity (Wildman–Crippen MR) is 105 cm³/mol. The summed E-state index contributed by atoms with van der Waals surface area (Å²) >= 11 is 6.25. The molecular weight excluding hydrogens is 424 g/mol. The normalized spacial score (nSPS) is 11.4. The van der Waals surface area contributed by atoms with Crippen molar-refractivity contribution < 1.29 is 4.42 Å². The predicted octanol–water partition coefficient (Wildman–Crippen LogP) is 4.16. The largest absolute Gasteiger partial charge is 0.423 e. The summed E-state index contributed by atoms with van der Waals surface area (Å²) in [6.45, 7) is 0. The second kappa shape index (κ2) is 6.44. The Morgan fingerprint density at radius 1 is 1.24 bits per heavy atom. The fourth-order valence-electron chi connectivity index (χ4n) is 2.57. The van der Waals surface area contributed by atoms with Crippen molar-refractivity contribution in [2.45, 2.75) is 10.9 Å². The van der Waals surface area contributed by atoms with Gasteiger partial charge in [0.1, 0.15) is 10.4 Å². The molecule has 0 atom stereocenters. The number of hydrogen-bond acceptors (Lipinski definition) is 6. The van der Waals surface area contributed by atoms with Gasteiger partial charge in [-0.15, -0.1) is 11.3 Å². The van der Waals surface area contributed by atoms with Crippen molar-refractivity contribution in [2.75, 3.05) is 0 Å². The SMILES string of the molecule is Cn1c(SCc2cc(=O)oc3cc(Br)ccc23)nc2sccc2c1=O. The minimum Gasteiger partial charge on any atom is -0.423 e. The van der Waals surface area contributed by atoms with E-state index in [1.54, 1.807) is 23.7 Å². The first kappa shape index (κ1) is 16.6. The van der Waals surface area contributed by atoms with Crippen molar-refractivity contribution in [3.8, 4) is 0 Å². The van der Waals surface area contributed by atoms with E-state index >= 15 is 0 Å². The Hall–Kier alpha value is -1.90. The monoisotopic (exact) mass is 434 g/mol. The molecule has 0 saturated carbocycles. The van der Waals surface area contributed by atoms with Crippen LogP contribution in [0.2, 0.25) is 0 Å². The number of thioether (sulfide) groups is 1. The number of aromatic nitrogens is 2. The van der Waals surface area contributed by atoms with Gasteiger partial charge in [0, 0.05) is 28.7 Å². The number of halogens is 1. The van der Waals surface area contributed by atoms with Gasteiger partial charge in [0.2, 0.25) is 0 Å². The van der Waals surface area contributed by atoms with Crippen molar-refractivity contribution in [2.24, 2.45) is 7.05 Å². The first-order valence-corrected chi connectivity index (χ1v) is 9.98. The molecule has 25 heavy (non-hydrogen) atoms. The molecule has 0 bridgehead atoms. The number of hydrogen-bond donors (Lipinski definition) is 0. The summed E-state index contributed by atoms with van der Waals surface area (Å²) < 4.78 is 7.65. The van der Waals surface area contributed by atoms with E-state index in [2.05, 4.69) is 20.9 Å². The van der Waals surface area contributed by atoms with Crippen LogP contribution in [0, 0.1) is 0 Å². The number of nitrogens with zero attached hydrogens (tertiary/aromatic N) is 2. The zero-order valence-corrected chi connectivity index (χ0v) is 16.2. The summed E-state index contributed by atoms with van der Waals surface area (Å²) in [5.74, 6) is 0.515. The zero-order valence-electron chi connectivity index (χ0n) is 13.0. The Morgan fingerprint density at radius 3 is 2.92 bits per heavy atom. The molecule has 0 N–H and O–H groups in total. The highest BCUT2D eigenvalue weighted by atomic mass is 79.9. The minimum absolute atomic E-state index is 0.0601. The molecular formula is C17H11BrN2O3S2. The molecule has 4 aromatic rings. The molecule has 1 aromatic carbocycles. The van der Waals surface area contributed by atoms with Gasteiger partial charge in [-0.3, -0.25) is 9.36 Å². The van der Waals surface area contributed by atoms with Gasteiger partial charge in [-0.25, -0.2) is 9.78 Å². The Balaban J connectivity index is 1.75. The van der Waals surface area contributed by atoms with Crippen molar-refractivity contribution >= 4 is 60.2 Å². The van der Waals surface area contributed by atoms with Crippen LogP contribution in [0.1, 0.15) is 5.56 Å². The number of rotatable bonds is 3. The van der Waals surface area contributed by atoms with Crippen LogP contribution in [0.3, 0.4) is 0 Å². The molecule has 0 saturated heterocycles. The minimum atomic E-state index is -0.392. The molecule has 8 heteroatoms.